The zero-order valence-corrected chi connectivity index (χ0v) is 14.8. The van der Waals surface area contributed by atoms with E-state index in [0.717, 1.165) is 0 Å². The minimum absolute atomic E-state index is 0. The van der Waals surface area contributed by atoms with Gasteiger partial charge < -0.3 is 7.43 Å². The zero-order chi connectivity index (χ0) is 7.02. The van der Waals surface area contributed by atoms with E-state index in [4.69, 9.17) is 0 Å². The summed E-state index contributed by atoms with van der Waals surface area (Å²) in [5.41, 5.74) is 3.89. The van der Waals surface area contributed by atoms with Gasteiger partial charge in [0, 0.05) is 17.3 Å². The van der Waals surface area contributed by atoms with Crippen LogP contribution in [0.4, 0.5) is 0 Å². The van der Waals surface area contributed by atoms with Crippen LogP contribution in [-0.4, -0.2) is 5.71 Å². The van der Waals surface area contributed by atoms with Gasteiger partial charge in [0.2, 0.25) is 0 Å². The van der Waals surface area contributed by atoms with Gasteiger partial charge in [-0.2, -0.15) is 0 Å². The van der Waals surface area contributed by atoms with Crippen molar-refractivity contribution < 1.29 is 0 Å². The van der Waals surface area contributed by atoms with Crippen molar-refractivity contribution >= 4 is 5.71 Å². The summed E-state index contributed by atoms with van der Waals surface area (Å²) in [4.78, 5) is 4.35. The smallest absolute Gasteiger partial charge is 0.0367 e. The van der Waals surface area contributed by atoms with Crippen molar-refractivity contribution in [1.82, 2.24) is 0 Å². The first-order chi connectivity index (χ1) is 4.13. The van der Waals surface area contributed by atoms with E-state index < -0.39 is 0 Å². The van der Waals surface area contributed by atoms with Gasteiger partial charge in [-0.3, -0.25) is 4.99 Å². The Morgan fingerprint density at radius 3 is 1.73 bits per heavy atom. The van der Waals surface area contributed by atoms with Crippen molar-refractivity contribution in [2.24, 2.45) is 10.9 Å². The van der Waals surface area contributed by atoms with E-state index in [1.54, 1.807) is 0 Å². The number of rotatable bonds is 0. The number of nitrogens with zero attached hydrogens (tertiary/aromatic N) is 1. The molecular weight excluding hydrogens is 400 g/mol. The summed E-state index contributed by atoms with van der Waals surface area (Å²) in [5, 5.41) is 0. The average Bonchev–Trinajstić information content (AvgIpc) is 1.98. The fourth-order valence-electron chi connectivity index (χ4n) is 1.08. The molecule has 0 aromatic heterocycles. The van der Waals surface area contributed by atoms with Gasteiger partial charge in [0.05, 0.1) is 0 Å². The number of allylic oxidation sites excluding steroid dienone is 2. The first-order valence-electron chi connectivity index (χ1n) is 3.35. The second kappa shape index (κ2) is 3.55. The summed E-state index contributed by atoms with van der Waals surface area (Å²) in [6, 6.07) is 0. The zero-order valence-electron chi connectivity index (χ0n) is 8.23. The molecule has 1 aliphatic heterocycles. The molecule has 60 valence electrons. The molecule has 2 heteroatoms. The molecule has 11 heavy (non-hydrogen) atoms. The van der Waals surface area contributed by atoms with Gasteiger partial charge in [0.15, 0.2) is 0 Å². The van der Waals surface area contributed by atoms with Crippen molar-refractivity contribution in [2.45, 2.75) is 27.7 Å². The summed E-state index contributed by atoms with van der Waals surface area (Å²) in [6.45, 7) is 8.51. The van der Waals surface area contributed by atoms with Crippen LogP contribution >= 0.6 is 0 Å². The van der Waals surface area contributed by atoms with E-state index >= 15 is 0 Å². The first kappa shape index (κ1) is 12.1. The summed E-state index contributed by atoms with van der Waals surface area (Å²) in [7, 11) is 0. The summed E-state index contributed by atoms with van der Waals surface area (Å²) >= 11 is 0. The normalized spacial score (nSPS) is 22.2. The maximum Gasteiger partial charge on any atom is 0.0367 e. The summed E-state index contributed by atoms with van der Waals surface area (Å²) < 4.78 is 0. The molecule has 0 aromatic rings. The van der Waals surface area contributed by atoms with E-state index in [1.807, 2.05) is 0 Å². The van der Waals surface area contributed by atoms with E-state index in [1.165, 1.54) is 17.0 Å². The molecule has 1 unspecified atom stereocenters. The number of hydrogen-bond donors (Lipinski definition) is 0. The van der Waals surface area contributed by atoms with E-state index in [-0.39, 0.29) is 7.43 Å². The molecule has 1 rings (SSSR count). The van der Waals surface area contributed by atoms with Gasteiger partial charge in [-0.15, -0.1) is 0 Å². The van der Waals surface area contributed by atoms with Crippen LogP contribution in [0.1, 0.15) is 27.7 Å². The molecule has 0 spiro atoms. The Balaban J connectivity index is 0. The molecule has 0 saturated heterocycles. The van der Waals surface area contributed by atoms with Crippen LogP contribution in [0.5, 0.6) is 0 Å². The van der Waals surface area contributed by atoms with Crippen molar-refractivity contribution in [1.29, 1.82) is 0 Å². The Hall–Kier alpha value is -1.59. The predicted octanol–water partition coefficient (Wildman–Crippen LogP) is 2.84. The summed E-state index contributed by atoms with van der Waals surface area (Å²) in [6.07, 6.45) is 0. The van der Waals surface area contributed by atoms with E-state index in [9.17, 15) is 0 Å². The van der Waals surface area contributed by atoms with E-state index in [0.29, 0.717) is 5.92 Å². The molecule has 1 atom stereocenters. The second-order valence-corrected chi connectivity index (χ2v) is 2.74. The Labute approximate surface area is 63.9 Å². The Morgan fingerprint density at radius 1 is 1.18 bits per heavy atom. The van der Waals surface area contributed by atoms with Crippen LogP contribution in [0.25, 0.3) is 0 Å². The third-order valence-corrected chi connectivity index (χ3v) is 2.19. The molecule has 0 fully saturated rings. The molecule has 0 saturated carbocycles. The maximum absolute atomic E-state index is 4.35. The van der Waals surface area contributed by atoms with Crippen LogP contribution in [-0.2, 0) is 0 Å². The van der Waals surface area contributed by atoms with E-state index in [2.05, 4.69) is 32.7 Å². The van der Waals surface area contributed by atoms with Crippen molar-refractivity contribution in [3.63, 3.8) is 0 Å². The molecule has 0 amide bonds. The van der Waals surface area contributed by atoms with Gasteiger partial charge in [0.1, 0.15) is 0 Å². The molecule has 0 bridgehead atoms. The first-order valence-corrected chi connectivity index (χ1v) is 3.35. The van der Waals surface area contributed by atoms with Crippen LogP contribution < -0.4 is 0 Å². The Bertz CT molecular complexity index is 192. The number of aliphatic imine (C=N–C) groups is 1. The van der Waals surface area contributed by atoms with Crippen LogP contribution in [0, 0.1) is 13.3 Å². The molecule has 0 radical (unpaired) electrons. The van der Waals surface area contributed by atoms with Crippen LogP contribution in [0.3, 0.4) is 0 Å². The monoisotopic (exact) mass is 416 g/mol. The molecular formula is C9H16MtN-. The minimum atomic E-state index is 0. The third kappa shape index (κ3) is 1.66. The standard InChI is InChI=1S/C8H13N.CH3.Mt/c1-5-6(2)8(4)9-7(5)3;;/h5H,1-4H3;1H3;/q;-1;. The molecule has 0 N–H and O–H groups in total. The topological polar surface area (TPSA) is 12.4 Å². The van der Waals surface area contributed by atoms with Crippen LogP contribution in [0.15, 0.2) is 16.3 Å². The third-order valence-electron chi connectivity index (χ3n) is 2.19. The number of hydrogen-bond acceptors (Lipinski definition) is 1. The Morgan fingerprint density at radius 2 is 1.64 bits per heavy atom. The van der Waals surface area contributed by atoms with Gasteiger partial charge in [-0.25, -0.2) is 0 Å². The molecule has 1 nitrogen and oxygen atoms in total. The Kier molecular flexibility index (Phi) is 3.91. The predicted molar refractivity (Wildman–Crippen MR) is 47.1 cm³/mol. The van der Waals surface area contributed by atoms with Gasteiger partial charge in [0.25, 0.3) is 0 Å². The van der Waals surface area contributed by atoms with Gasteiger partial charge >= 0.3 is 0 Å². The fraction of sp³-hybridized carbons (Fsp3) is 0.556. The molecule has 1 aliphatic rings. The average molecular weight is 416 g/mol. The van der Waals surface area contributed by atoms with Gasteiger partial charge in [-0.05, 0) is 26.3 Å². The molecule has 0 aromatic carbocycles. The molecule has 0 aliphatic carbocycles. The minimum Gasteiger partial charge on any atom is -0.358 e. The second-order valence-electron chi connectivity index (χ2n) is 2.74. The maximum atomic E-state index is 4.35. The van der Waals surface area contributed by atoms with Crippen molar-refractivity contribution in [2.75, 3.05) is 0 Å². The van der Waals surface area contributed by atoms with Crippen molar-refractivity contribution in [3.8, 4) is 0 Å². The van der Waals surface area contributed by atoms with Gasteiger partial charge in [-0.1, -0.05) is 6.92 Å². The quantitative estimate of drug-likeness (QED) is 0.539. The fourth-order valence-corrected chi connectivity index (χ4v) is 1.08. The SMILES string of the molecule is CC1=NC(C)=C(C)C1C.[CH3-].[Mt]. The molecule has 1 heterocycles. The van der Waals surface area contributed by atoms with Crippen molar-refractivity contribution in [3.05, 3.63) is 18.7 Å². The van der Waals surface area contributed by atoms with Crippen LogP contribution in [0.2, 0.25) is 0 Å². The summed E-state index contributed by atoms with van der Waals surface area (Å²) in [5.74, 6) is 0.588. The largest absolute Gasteiger partial charge is 0.358 e.